The molecule has 102 valence electrons. The Morgan fingerprint density at radius 1 is 0.714 bits per heavy atom. The van der Waals surface area contributed by atoms with Crippen LogP contribution in [0.5, 0.6) is 11.5 Å². The van der Waals surface area contributed by atoms with E-state index in [0.29, 0.717) is 0 Å². The average molecular weight is 274 g/mol. The highest BCUT2D eigenvalue weighted by Gasteiger charge is 2.11. The summed E-state index contributed by atoms with van der Waals surface area (Å²) in [6, 6.07) is 20.1. The summed E-state index contributed by atoms with van der Waals surface area (Å²) in [6.07, 6.45) is 0. The van der Waals surface area contributed by atoms with E-state index in [1.807, 2.05) is 24.3 Å². The summed E-state index contributed by atoms with van der Waals surface area (Å²) in [7, 11) is 1.66. The first kappa shape index (κ1) is 12.0. The smallest absolute Gasteiger partial charge is 0.127 e. The molecule has 4 rings (SSSR count). The zero-order valence-corrected chi connectivity index (χ0v) is 11.6. The maximum Gasteiger partial charge on any atom is 0.127 e. The molecule has 1 N–H and O–H groups in total. The van der Waals surface area contributed by atoms with Crippen molar-refractivity contribution in [3.8, 4) is 11.5 Å². The molecule has 4 aromatic rings. The molecule has 0 saturated heterocycles. The molecule has 0 heterocycles. The van der Waals surface area contributed by atoms with Crippen molar-refractivity contribution in [3.63, 3.8) is 0 Å². The minimum absolute atomic E-state index is 0.279. The van der Waals surface area contributed by atoms with Gasteiger partial charge in [0.2, 0.25) is 0 Å². The molecule has 21 heavy (non-hydrogen) atoms. The highest BCUT2D eigenvalue weighted by molar-refractivity contribution is 6.19. The van der Waals surface area contributed by atoms with E-state index in [-0.39, 0.29) is 5.75 Å². The zero-order chi connectivity index (χ0) is 14.4. The van der Waals surface area contributed by atoms with Gasteiger partial charge < -0.3 is 9.84 Å². The number of ether oxygens (including phenoxy) is 1. The van der Waals surface area contributed by atoms with Gasteiger partial charge in [-0.25, -0.2) is 0 Å². The SMILES string of the molecule is COc1ccc(O)c2ccc3c4ccccc4ccc3c12. The van der Waals surface area contributed by atoms with Gasteiger partial charge in [0, 0.05) is 10.8 Å². The van der Waals surface area contributed by atoms with Crippen molar-refractivity contribution in [1.82, 2.24) is 0 Å². The van der Waals surface area contributed by atoms with Crippen LogP contribution >= 0.6 is 0 Å². The quantitative estimate of drug-likeness (QED) is 0.502. The molecule has 0 unspecified atom stereocenters. The van der Waals surface area contributed by atoms with Crippen LogP contribution in [0, 0.1) is 0 Å². The number of fused-ring (bicyclic) bond motifs is 5. The first-order valence-electron chi connectivity index (χ1n) is 6.90. The summed E-state index contributed by atoms with van der Waals surface area (Å²) in [4.78, 5) is 0. The summed E-state index contributed by atoms with van der Waals surface area (Å²) >= 11 is 0. The molecule has 0 amide bonds. The van der Waals surface area contributed by atoms with Crippen LogP contribution in [0.3, 0.4) is 0 Å². The second-order valence-electron chi connectivity index (χ2n) is 5.16. The molecule has 0 saturated carbocycles. The summed E-state index contributed by atoms with van der Waals surface area (Å²) in [5, 5.41) is 16.6. The second-order valence-corrected chi connectivity index (χ2v) is 5.16. The zero-order valence-electron chi connectivity index (χ0n) is 11.6. The van der Waals surface area contributed by atoms with Crippen LogP contribution < -0.4 is 4.74 Å². The van der Waals surface area contributed by atoms with Gasteiger partial charge in [0.05, 0.1) is 7.11 Å². The molecule has 0 fully saturated rings. The number of aromatic hydroxyl groups is 1. The van der Waals surface area contributed by atoms with E-state index < -0.39 is 0 Å². The molecule has 0 spiro atoms. The number of hydrogen-bond acceptors (Lipinski definition) is 2. The van der Waals surface area contributed by atoms with Crippen molar-refractivity contribution in [1.29, 1.82) is 0 Å². The third kappa shape index (κ3) is 1.66. The Hall–Kier alpha value is -2.74. The molecular weight excluding hydrogens is 260 g/mol. The predicted octanol–water partition coefficient (Wildman–Crippen LogP) is 4.86. The van der Waals surface area contributed by atoms with Crippen LogP contribution in [-0.4, -0.2) is 12.2 Å². The highest BCUT2D eigenvalue weighted by atomic mass is 16.5. The number of benzene rings is 4. The monoisotopic (exact) mass is 274 g/mol. The molecular formula is C19H14O2. The van der Waals surface area contributed by atoms with Crippen molar-refractivity contribution < 1.29 is 9.84 Å². The molecule has 0 atom stereocenters. The fraction of sp³-hybridized carbons (Fsp3) is 0.0526. The van der Waals surface area contributed by atoms with Crippen molar-refractivity contribution in [2.24, 2.45) is 0 Å². The van der Waals surface area contributed by atoms with Gasteiger partial charge in [0.25, 0.3) is 0 Å². The van der Waals surface area contributed by atoms with Crippen molar-refractivity contribution in [2.75, 3.05) is 7.11 Å². The highest BCUT2D eigenvalue weighted by Crippen LogP contribution is 2.39. The molecule has 0 bridgehead atoms. The Morgan fingerprint density at radius 3 is 2.33 bits per heavy atom. The third-order valence-corrected chi connectivity index (χ3v) is 4.06. The van der Waals surface area contributed by atoms with Gasteiger partial charge >= 0.3 is 0 Å². The number of hydrogen-bond donors (Lipinski definition) is 1. The van der Waals surface area contributed by atoms with Crippen LogP contribution in [0.2, 0.25) is 0 Å². The number of rotatable bonds is 1. The van der Waals surface area contributed by atoms with E-state index >= 15 is 0 Å². The minimum atomic E-state index is 0.279. The summed E-state index contributed by atoms with van der Waals surface area (Å²) in [5.41, 5.74) is 0. The minimum Gasteiger partial charge on any atom is -0.507 e. The van der Waals surface area contributed by atoms with Crippen molar-refractivity contribution in [2.45, 2.75) is 0 Å². The molecule has 4 aromatic carbocycles. The molecule has 0 aliphatic heterocycles. The Morgan fingerprint density at radius 2 is 1.48 bits per heavy atom. The van der Waals surface area contributed by atoms with E-state index in [2.05, 4.69) is 30.3 Å². The van der Waals surface area contributed by atoms with Gasteiger partial charge in [-0.15, -0.1) is 0 Å². The Bertz CT molecular complexity index is 987. The normalized spacial score (nSPS) is 11.3. The van der Waals surface area contributed by atoms with Gasteiger partial charge in [-0.3, -0.25) is 0 Å². The molecule has 0 aliphatic rings. The largest absolute Gasteiger partial charge is 0.507 e. The van der Waals surface area contributed by atoms with E-state index in [4.69, 9.17) is 4.74 Å². The van der Waals surface area contributed by atoms with E-state index in [9.17, 15) is 5.11 Å². The molecule has 2 nitrogen and oxygen atoms in total. The second kappa shape index (κ2) is 4.38. The van der Waals surface area contributed by atoms with Crippen LogP contribution in [0.25, 0.3) is 32.3 Å². The lowest BCUT2D eigenvalue weighted by molar-refractivity contribution is 0.418. The predicted molar refractivity (Wildman–Crippen MR) is 87.2 cm³/mol. The molecule has 0 aromatic heterocycles. The lowest BCUT2D eigenvalue weighted by Gasteiger charge is -2.12. The topological polar surface area (TPSA) is 29.5 Å². The van der Waals surface area contributed by atoms with Crippen LogP contribution in [-0.2, 0) is 0 Å². The van der Waals surface area contributed by atoms with E-state index in [1.54, 1.807) is 13.2 Å². The van der Waals surface area contributed by atoms with Gasteiger partial charge in [-0.05, 0) is 39.7 Å². The number of phenols is 1. The van der Waals surface area contributed by atoms with E-state index in [0.717, 1.165) is 21.9 Å². The summed E-state index contributed by atoms with van der Waals surface area (Å²) in [6.45, 7) is 0. The Labute approximate surface area is 122 Å². The maximum absolute atomic E-state index is 10.1. The molecule has 0 aliphatic carbocycles. The Kier molecular flexibility index (Phi) is 2.51. The first-order valence-corrected chi connectivity index (χ1v) is 6.90. The van der Waals surface area contributed by atoms with Crippen LogP contribution in [0.4, 0.5) is 0 Å². The van der Waals surface area contributed by atoms with Gasteiger partial charge in [-0.1, -0.05) is 42.5 Å². The van der Waals surface area contributed by atoms with Crippen molar-refractivity contribution in [3.05, 3.63) is 60.7 Å². The lowest BCUT2D eigenvalue weighted by Crippen LogP contribution is -1.87. The fourth-order valence-electron chi connectivity index (χ4n) is 3.06. The number of methoxy groups -OCH3 is 1. The van der Waals surface area contributed by atoms with Crippen LogP contribution in [0.1, 0.15) is 0 Å². The molecule has 0 radical (unpaired) electrons. The van der Waals surface area contributed by atoms with Gasteiger partial charge in [-0.2, -0.15) is 0 Å². The number of phenolic OH excluding ortho intramolecular Hbond substituents is 1. The Balaban J connectivity index is 2.29. The summed E-state index contributed by atoms with van der Waals surface area (Å²) < 4.78 is 5.49. The standard InChI is InChI=1S/C19H14O2/c1-21-18-11-10-17(20)16-9-8-14-13-5-3-2-4-12(13)6-7-15(14)19(16)18/h2-11,20H,1H3. The van der Waals surface area contributed by atoms with Gasteiger partial charge in [0.15, 0.2) is 0 Å². The van der Waals surface area contributed by atoms with Crippen molar-refractivity contribution >= 4 is 32.3 Å². The van der Waals surface area contributed by atoms with Crippen LogP contribution in [0.15, 0.2) is 60.7 Å². The lowest BCUT2D eigenvalue weighted by atomic mass is 9.96. The third-order valence-electron chi connectivity index (χ3n) is 4.06. The maximum atomic E-state index is 10.1. The average Bonchev–Trinajstić information content (AvgIpc) is 2.54. The molecule has 2 heteroatoms. The summed E-state index contributed by atoms with van der Waals surface area (Å²) in [5.74, 6) is 1.06. The fourth-order valence-corrected chi connectivity index (χ4v) is 3.06. The van der Waals surface area contributed by atoms with Gasteiger partial charge in [0.1, 0.15) is 11.5 Å². The first-order chi connectivity index (χ1) is 10.3. The van der Waals surface area contributed by atoms with E-state index in [1.165, 1.54) is 16.2 Å².